The minimum absolute atomic E-state index is 0.0347. The standard InChI is InChI=1S/C20H22BClO3/c1-13-11-17(22)16(21-24-19(2,3)20(4,5)25-21)12-15(13)18(23)14-9-7-6-8-10-14/h6-12H,1-5H3. The molecule has 1 heterocycles. The van der Waals surface area contributed by atoms with E-state index in [1.54, 1.807) is 12.1 Å². The number of ketones is 1. The summed E-state index contributed by atoms with van der Waals surface area (Å²) in [5.41, 5.74) is 1.85. The van der Waals surface area contributed by atoms with Gasteiger partial charge in [-0.1, -0.05) is 41.9 Å². The van der Waals surface area contributed by atoms with Gasteiger partial charge >= 0.3 is 7.12 Å². The summed E-state index contributed by atoms with van der Waals surface area (Å²) in [7, 11) is -0.597. The number of aryl methyl sites for hydroxylation is 1. The predicted molar refractivity (Wildman–Crippen MR) is 102 cm³/mol. The molecule has 3 rings (SSSR count). The van der Waals surface area contributed by atoms with Gasteiger partial charge in [0.05, 0.1) is 11.2 Å². The zero-order valence-corrected chi connectivity index (χ0v) is 16.0. The smallest absolute Gasteiger partial charge is 0.399 e. The van der Waals surface area contributed by atoms with E-state index < -0.39 is 18.3 Å². The fourth-order valence-electron chi connectivity index (χ4n) is 2.83. The second kappa shape index (κ2) is 6.28. The van der Waals surface area contributed by atoms with Crippen LogP contribution in [0.15, 0.2) is 42.5 Å². The zero-order valence-electron chi connectivity index (χ0n) is 15.2. The quantitative estimate of drug-likeness (QED) is 0.611. The van der Waals surface area contributed by atoms with Crippen molar-refractivity contribution in [2.45, 2.75) is 45.8 Å². The van der Waals surface area contributed by atoms with Crippen LogP contribution in [0.5, 0.6) is 0 Å². The van der Waals surface area contributed by atoms with Crippen molar-refractivity contribution in [1.82, 2.24) is 0 Å². The summed E-state index contributed by atoms with van der Waals surface area (Å²) in [5.74, 6) is -0.0347. The van der Waals surface area contributed by atoms with Crippen molar-refractivity contribution in [3.8, 4) is 0 Å². The number of benzene rings is 2. The first kappa shape index (κ1) is 18.2. The topological polar surface area (TPSA) is 35.5 Å². The van der Waals surface area contributed by atoms with Crippen LogP contribution in [0.2, 0.25) is 5.02 Å². The molecule has 0 N–H and O–H groups in total. The maximum Gasteiger partial charge on any atom is 0.496 e. The molecule has 5 heteroatoms. The van der Waals surface area contributed by atoms with Gasteiger partial charge in [-0.3, -0.25) is 4.79 Å². The molecule has 0 aliphatic carbocycles. The number of hydrogen-bond acceptors (Lipinski definition) is 3. The lowest BCUT2D eigenvalue weighted by atomic mass is 9.77. The molecule has 25 heavy (non-hydrogen) atoms. The van der Waals surface area contributed by atoms with Crippen LogP contribution < -0.4 is 5.46 Å². The summed E-state index contributed by atoms with van der Waals surface area (Å²) in [5, 5.41) is 0.542. The molecule has 0 saturated carbocycles. The number of halogens is 1. The summed E-state index contributed by atoms with van der Waals surface area (Å²) in [6, 6.07) is 12.8. The highest BCUT2D eigenvalue weighted by atomic mass is 35.5. The molecule has 0 radical (unpaired) electrons. The van der Waals surface area contributed by atoms with Crippen molar-refractivity contribution >= 4 is 30.0 Å². The van der Waals surface area contributed by atoms with Crippen molar-refractivity contribution < 1.29 is 14.1 Å². The lowest BCUT2D eigenvalue weighted by Crippen LogP contribution is -2.41. The van der Waals surface area contributed by atoms with Gasteiger partial charge in [-0.05, 0) is 52.3 Å². The predicted octanol–water partition coefficient (Wildman–Crippen LogP) is 4.18. The van der Waals surface area contributed by atoms with Crippen molar-refractivity contribution in [1.29, 1.82) is 0 Å². The van der Waals surface area contributed by atoms with Gasteiger partial charge in [0.2, 0.25) is 0 Å². The molecule has 1 aliphatic heterocycles. The van der Waals surface area contributed by atoms with Crippen molar-refractivity contribution in [2.24, 2.45) is 0 Å². The van der Waals surface area contributed by atoms with Crippen LogP contribution in [0, 0.1) is 6.92 Å². The van der Waals surface area contributed by atoms with Gasteiger partial charge in [-0.25, -0.2) is 0 Å². The molecule has 1 aliphatic rings. The summed E-state index contributed by atoms with van der Waals surface area (Å²) < 4.78 is 12.2. The third kappa shape index (κ3) is 3.26. The SMILES string of the molecule is Cc1cc(Cl)c(B2OC(C)(C)C(C)(C)O2)cc1C(=O)c1ccccc1. The Morgan fingerprint density at radius 1 is 1.00 bits per heavy atom. The maximum atomic E-state index is 12.9. The van der Waals surface area contributed by atoms with Crippen LogP contribution in [-0.2, 0) is 9.31 Å². The minimum atomic E-state index is -0.597. The van der Waals surface area contributed by atoms with E-state index in [1.165, 1.54) is 0 Å². The van der Waals surface area contributed by atoms with Gasteiger partial charge in [0, 0.05) is 21.6 Å². The van der Waals surface area contributed by atoms with E-state index in [-0.39, 0.29) is 5.78 Å². The van der Waals surface area contributed by atoms with Crippen LogP contribution in [0.3, 0.4) is 0 Å². The first-order valence-corrected chi connectivity index (χ1v) is 8.75. The molecular formula is C20H22BClO3. The highest BCUT2D eigenvalue weighted by Gasteiger charge is 2.52. The molecule has 0 amide bonds. The number of carbonyl (C=O) groups is 1. The molecule has 2 aromatic carbocycles. The first-order valence-electron chi connectivity index (χ1n) is 8.38. The molecule has 1 fully saturated rings. The van der Waals surface area contributed by atoms with Gasteiger partial charge in [-0.15, -0.1) is 0 Å². The first-order chi connectivity index (χ1) is 11.6. The van der Waals surface area contributed by atoms with Crippen molar-refractivity contribution in [3.05, 3.63) is 64.2 Å². The Kier molecular flexibility index (Phi) is 4.57. The molecule has 0 atom stereocenters. The molecular weight excluding hydrogens is 334 g/mol. The molecule has 1 saturated heterocycles. The third-order valence-corrected chi connectivity index (χ3v) is 5.46. The molecule has 3 nitrogen and oxygen atoms in total. The van der Waals surface area contributed by atoms with Gasteiger partial charge in [0.15, 0.2) is 5.78 Å². The van der Waals surface area contributed by atoms with Gasteiger partial charge in [0.1, 0.15) is 0 Å². The Balaban J connectivity index is 2.02. The third-order valence-electron chi connectivity index (χ3n) is 5.13. The van der Waals surface area contributed by atoms with Gasteiger partial charge in [-0.2, -0.15) is 0 Å². The van der Waals surface area contributed by atoms with E-state index in [0.717, 1.165) is 5.56 Å². The fourth-order valence-corrected chi connectivity index (χ4v) is 3.14. The summed E-state index contributed by atoms with van der Waals surface area (Å²) in [6.45, 7) is 9.85. The van der Waals surface area contributed by atoms with Gasteiger partial charge in [0.25, 0.3) is 0 Å². The molecule has 130 valence electrons. The Hall–Kier alpha value is -1.62. The largest absolute Gasteiger partial charge is 0.496 e. The van der Waals surface area contributed by atoms with Crippen LogP contribution >= 0.6 is 11.6 Å². The Morgan fingerprint density at radius 3 is 2.12 bits per heavy atom. The van der Waals surface area contributed by atoms with E-state index in [2.05, 4.69) is 0 Å². The number of hydrogen-bond donors (Lipinski definition) is 0. The summed E-state index contributed by atoms with van der Waals surface area (Å²) in [4.78, 5) is 12.9. The van der Waals surface area contributed by atoms with E-state index in [4.69, 9.17) is 20.9 Å². The van der Waals surface area contributed by atoms with Crippen molar-refractivity contribution in [3.63, 3.8) is 0 Å². The minimum Gasteiger partial charge on any atom is -0.399 e. The lowest BCUT2D eigenvalue weighted by molar-refractivity contribution is 0.00578. The second-order valence-electron chi connectivity index (χ2n) is 7.47. The number of carbonyl (C=O) groups excluding carboxylic acids is 1. The molecule has 0 aromatic heterocycles. The van der Waals surface area contributed by atoms with E-state index >= 15 is 0 Å². The maximum absolute atomic E-state index is 12.9. The van der Waals surface area contributed by atoms with E-state index in [0.29, 0.717) is 21.6 Å². The summed E-state index contributed by atoms with van der Waals surface area (Å²) >= 11 is 6.45. The monoisotopic (exact) mass is 356 g/mol. The summed E-state index contributed by atoms with van der Waals surface area (Å²) in [6.07, 6.45) is 0. The highest BCUT2D eigenvalue weighted by molar-refractivity contribution is 6.65. The van der Waals surface area contributed by atoms with Crippen LogP contribution in [0.1, 0.15) is 49.2 Å². The van der Waals surface area contributed by atoms with Gasteiger partial charge < -0.3 is 9.31 Å². The molecule has 0 spiro atoms. The average Bonchev–Trinajstić information content (AvgIpc) is 2.75. The van der Waals surface area contributed by atoms with Crippen LogP contribution in [0.4, 0.5) is 0 Å². The zero-order chi connectivity index (χ0) is 18.4. The molecule has 0 unspecified atom stereocenters. The van der Waals surface area contributed by atoms with Crippen LogP contribution in [-0.4, -0.2) is 24.1 Å². The Labute approximate surface area is 154 Å². The normalized spacial score (nSPS) is 18.4. The lowest BCUT2D eigenvalue weighted by Gasteiger charge is -2.32. The van der Waals surface area contributed by atoms with Crippen LogP contribution in [0.25, 0.3) is 0 Å². The molecule has 0 bridgehead atoms. The second-order valence-corrected chi connectivity index (χ2v) is 7.88. The number of rotatable bonds is 3. The van der Waals surface area contributed by atoms with Crippen molar-refractivity contribution in [2.75, 3.05) is 0 Å². The Morgan fingerprint density at radius 2 is 1.56 bits per heavy atom. The Bertz CT molecular complexity index is 799. The highest BCUT2D eigenvalue weighted by Crippen LogP contribution is 2.37. The molecule has 2 aromatic rings. The average molecular weight is 357 g/mol. The van der Waals surface area contributed by atoms with E-state index in [9.17, 15) is 4.79 Å². The fraction of sp³-hybridized carbons (Fsp3) is 0.350. The van der Waals surface area contributed by atoms with E-state index in [1.807, 2.05) is 65.0 Å².